The van der Waals surface area contributed by atoms with E-state index in [-0.39, 0.29) is 11.2 Å². The summed E-state index contributed by atoms with van der Waals surface area (Å²) in [5.41, 5.74) is 0.359. The molecule has 0 heterocycles. The first-order chi connectivity index (χ1) is 9.47. The second-order valence-electron chi connectivity index (χ2n) is 5.84. The standard InChI is InChI=1S/C18H20O2/c1-18(2,3)17(19)14-10-12-16(13-11-14)20-15-8-6-4-5-7-9-15/h4-6,8-13H,7H2,1-3H3. The van der Waals surface area contributed by atoms with Crippen molar-refractivity contribution in [2.45, 2.75) is 27.2 Å². The van der Waals surface area contributed by atoms with Gasteiger partial charge in [0.25, 0.3) is 0 Å². The highest BCUT2D eigenvalue weighted by molar-refractivity contribution is 5.99. The van der Waals surface area contributed by atoms with E-state index in [1.807, 2.05) is 69.3 Å². The predicted octanol–water partition coefficient (Wildman–Crippen LogP) is 4.69. The zero-order valence-corrected chi connectivity index (χ0v) is 12.2. The molecule has 0 atom stereocenters. The molecular formula is C18H20O2. The first kappa shape index (κ1) is 14.3. The van der Waals surface area contributed by atoms with Gasteiger partial charge < -0.3 is 4.74 Å². The van der Waals surface area contributed by atoms with Gasteiger partial charge in [-0.2, -0.15) is 0 Å². The Bertz CT molecular complexity index is 566. The van der Waals surface area contributed by atoms with Gasteiger partial charge in [-0.25, -0.2) is 0 Å². The molecule has 0 aromatic heterocycles. The number of allylic oxidation sites excluding steroid dienone is 5. The van der Waals surface area contributed by atoms with Crippen molar-refractivity contribution in [3.05, 3.63) is 66.0 Å². The van der Waals surface area contributed by atoms with E-state index in [0.29, 0.717) is 0 Å². The molecule has 0 fully saturated rings. The van der Waals surface area contributed by atoms with Crippen LogP contribution in [0.2, 0.25) is 0 Å². The van der Waals surface area contributed by atoms with Gasteiger partial charge in [0.2, 0.25) is 0 Å². The number of hydrogen-bond acceptors (Lipinski definition) is 2. The van der Waals surface area contributed by atoms with Crippen LogP contribution < -0.4 is 4.74 Å². The van der Waals surface area contributed by atoms with E-state index in [4.69, 9.17) is 4.74 Å². The minimum atomic E-state index is -0.361. The molecule has 0 saturated carbocycles. The number of hydrogen-bond donors (Lipinski definition) is 0. The van der Waals surface area contributed by atoms with Crippen LogP contribution in [0.5, 0.6) is 5.75 Å². The van der Waals surface area contributed by atoms with Crippen LogP contribution in [-0.4, -0.2) is 5.78 Å². The molecule has 0 amide bonds. The Balaban J connectivity index is 2.09. The summed E-state index contributed by atoms with van der Waals surface area (Å²) in [4.78, 5) is 12.1. The van der Waals surface area contributed by atoms with Crippen LogP contribution in [-0.2, 0) is 0 Å². The van der Waals surface area contributed by atoms with E-state index in [0.717, 1.165) is 23.5 Å². The van der Waals surface area contributed by atoms with Crippen molar-refractivity contribution >= 4 is 5.78 Å². The molecule has 0 N–H and O–H groups in total. The molecule has 2 heteroatoms. The molecule has 1 aromatic carbocycles. The van der Waals surface area contributed by atoms with Gasteiger partial charge >= 0.3 is 0 Å². The number of Topliss-reactive ketones (excluding diaryl/α,β-unsaturated/α-hetero) is 1. The maximum absolute atomic E-state index is 12.1. The van der Waals surface area contributed by atoms with Gasteiger partial charge in [0.05, 0.1) is 0 Å². The Morgan fingerprint density at radius 2 is 1.80 bits per heavy atom. The van der Waals surface area contributed by atoms with Gasteiger partial charge in [0.15, 0.2) is 5.78 Å². The van der Waals surface area contributed by atoms with E-state index < -0.39 is 0 Å². The summed E-state index contributed by atoms with van der Waals surface area (Å²) < 4.78 is 5.78. The summed E-state index contributed by atoms with van der Waals surface area (Å²) in [6.07, 6.45) is 10.8. The lowest BCUT2D eigenvalue weighted by Crippen LogP contribution is -2.19. The zero-order valence-electron chi connectivity index (χ0n) is 12.2. The normalized spacial score (nSPS) is 14.7. The molecule has 1 aromatic rings. The summed E-state index contributed by atoms with van der Waals surface area (Å²) >= 11 is 0. The van der Waals surface area contributed by atoms with Crippen LogP contribution in [0, 0.1) is 5.41 Å². The third-order valence-corrected chi connectivity index (χ3v) is 3.00. The van der Waals surface area contributed by atoms with Crippen LogP contribution in [0.1, 0.15) is 37.6 Å². The summed E-state index contributed by atoms with van der Waals surface area (Å²) in [5, 5.41) is 0. The maximum atomic E-state index is 12.1. The Morgan fingerprint density at radius 1 is 1.10 bits per heavy atom. The van der Waals surface area contributed by atoms with Gasteiger partial charge in [0.1, 0.15) is 11.5 Å². The summed E-state index contributed by atoms with van der Waals surface area (Å²) in [6.45, 7) is 5.77. The monoisotopic (exact) mass is 268 g/mol. The van der Waals surface area contributed by atoms with Crippen LogP contribution in [0.4, 0.5) is 0 Å². The average molecular weight is 268 g/mol. The highest BCUT2D eigenvalue weighted by Gasteiger charge is 2.22. The van der Waals surface area contributed by atoms with Crippen molar-refractivity contribution in [1.29, 1.82) is 0 Å². The fraction of sp³-hybridized carbons (Fsp3) is 0.278. The van der Waals surface area contributed by atoms with Crippen molar-refractivity contribution in [3.8, 4) is 5.75 Å². The second-order valence-corrected chi connectivity index (χ2v) is 5.84. The Kier molecular flexibility index (Phi) is 4.23. The number of ketones is 1. The molecular weight excluding hydrogens is 248 g/mol. The molecule has 0 radical (unpaired) electrons. The Morgan fingerprint density at radius 3 is 2.45 bits per heavy atom. The molecule has 2 rings (SSSR count). The van der Waals surface area contributed by atoms with Crippen molar-refractivity contribution in [2.75, 3.05) is 0 Å². The van der Waals surface area contributed by atoms with Gasteiger partial charge in [0, 0.05) is 11.0 Å². The van der Waals surface area contributed by atoms with Gasteiger partial charge in [-0.05, 0) is 42.8 Å². The lowest BCUT2D eigenvalue weighted by Gasteiger charge is -2.16. The lowest BCUT2D eigenvalue weighted by molar-refractivity contribution is 0.0858. The average Bonchev–Trinajstić information content (AvgIpc) is 2.66. The highest BCUT2D eigenvalue weighted by Crippen LogP contribution is 2.23. The second kappa shape index (κ2) is 5.91. The third kappa shape index (κ3) is 3.70. The van der Waals surface area contributed by atoms with Crippen LogP contribution in [0.15, 0.2) is 60.4 Å². The van der Waals surface area contributed by atoms with E-state index in [1.165, 1.54) is 0 Å². The maximum Gasteiger partial charge on any atom is 0.168 e. The molecule has 1 aliphatic carbocycles. The SMILES string of the molecule is CC(C)(C)C(=O)c1ccc(OC2=CCC=CC=C2)cc1. The van der Waals surface area contributed by atoms with E-state index in [1.54, 1.807) is 0 Å². The van der Waals surface area contributed by atoms with Crippen molar-refractivity contribution < 1.29 is 9.53 Å². The molecule has 1 aliphatic rings. The molecule has 0 saturated heterocycles. The van der Waals surface area contributed by atoms with Gasteiger partial charge in [-0.15, -0.1) is 0 Å². The first-order valence-corrected chi connectivity index (χ1v) is 6.83. The Labute approximate surface area is 120 Å². The smallest absolute Gasteiger partial charge is 0.168 e. The quantitative estimate of drug-likeness (QED) is 0.743. The number of benzene rings is 1. The summed E-state index contributed by atoms with van der Waals surface area (Å²) in [7, 11) is 0. The van der Waals surface area contributed by atoms with E-state index in [9.17, 15) is 4.79 Å². The first-order valence-electron chi connectivity index (χ1n) is 6.83. The van der Waals surface area contributed by atoms with E-state index in [2.05, 4.69) is 6.08 Å². The van der Waals surface area contributed by atoms with E-state index >= 15 is 0 Å². The lowest BCUT2D eigenvalue weighted by atomic mass is 9.86. The zero-order chi connectivity index (χ0) is 14.6. The third-order valence-electron chi connectivity index (χ3n) is 3.00. The number of carbonyl (C=O) groups excluding carboxylic acids is 1. The highest BCUT2D eigenvalue weighted by atomic mass is 16.5. The van der Waals surface area contributed by atoms with Crippen LogP contribution in [0.25, 0.3) is 0 Å². The number of rotatable bonds is 3. The topological polar surface area (TPSA) is 26.3 Å². The number of carbonyl (C=O) groups is 1. The molecule has 2 nitrogen and oxygen atoms in total. The molecule has 104 valence electrons. The largest absolute Gasteiger partial charge is 0.458 e. The van der Waals surface area contributed by atoms with Crippen molar-refractivity contribution in [3.63, 3.8) is 0 Å². The molecule has 20 heavy (non-hydrogen) atoms. The Hall–Kier alpha value is -2.09. The van der Waals surface area contributed by atoms with Gasteiger partial charge in [-0.1, -0.05) is 39.0 Å². The molecule has 0 spiro atoms. The number of ether oxygens (including phenoxy) is 1. The minimum absolute atomic E-state index is 0.141. The van der Waals surface area contributed by atoms with Crippen molar-refractivity contribution in [2.24, 2.45) is 5.41 Å². The minimum Gasteiger partial charge on any atom is -0.458 e. The summed E-state index contributed by atoms with van der Waals surface area (Å²) in [5.74, 6) is 1.71. The predicted molar refractivity (Wildman–Crippen MR) is 81.8 cm³/mol. The van der Waals surface area contributed by atoms with Crippen LogP contribution >= 0.6 is 0 Å². The molecule has 0 bridgehead atoms. The van der Waals surface area contributed by atoms with Gasteiger partial charge in [-0.3, -0.25) is 4.79 Å². The summed E-state index contributed by atoms with van der Waals surface area (Å²) in [6, 6.07) is 7.32. The molecule has 0 aliphatic heterocycles. The fourth-order valence-electron chi connectivity index (χ4n) is 1.88. The van der Waals surface area contributed by atoms with Crippen molar-refractivity contribution in [1.82, 2.24) is 0 Å². The fourth-order valence-corrected chi connectivity index (χ4v) is 1.88. The van der Waals surface area contributed by atoms with Crippen LogP contribution in [0.3, 0.4) is 0 Å². The molecule has 0 unspecified atom stereocenters.